The number of unbranched alkanes of at least 4 members (excludes halogenated alkanes) is 2. The molecule has 0 heterocycles. The van der Waals surface area contributed by atoms with E-state index < -0.39 is 11.6 Å². The zero-order valence-electron chi connectivity index (χ0n) is 15.0. The Hall–Kier alpha value is -1.32. The van der Waals surface area contributed by atoms with E-state index in [2.05, 4.69) is 6.92 Å². The summed E-state index contributed by atoms with van der Waals surface area (Å²) in [6, 6.07) is 2.89. The van der Waals surface area contributed by atoms with Crippen molar-refractivity contribution in [1.82, 2.24) is 0 Å². The van der Waals surface area contributed by atoms with Gasteiger partial charge >= 0.3 is 0 Å². The highest BCUT2D eigenvalue weighted by atomic mass is 19.2. The van der Waals surface area contributed by atoms with Crippen molar-refractivity contribution in [3.63, 3.8) is 0 Å². The van der Waals surface area contributed by atoms with E-state index in [4.69, 9.17) is 9.47 Å². The molecule has 1 fully saturated rings. The third kappa shape index (κ3) is 5.35. The van der Waals surface area contributed by atoms with Crippen LogP contribution in [0.5, 0.6) is 11.5 Å². The van der Waals surface area contributed by atoms with E-state index >= 15 is 0 Å². The normalized spacial score (nSPS) is 20.8. The zero-order valence-corrected chi connectivity index (χ0v) is 15.0. The van der Waals surface area contributed by atoms with E-state index in [-0.39, 0.29) is 11.5 Å². The number of benzene rings is 1. The molecule has 0 radical (unpaired) electrons. The number of hydrogen-bond donors (Lipinski definition) is 0. The van der Waals surface area contributed by atoms with Gasteiger partial charge in [0.05, 0.1) is 13.2 Å². The van der Waals surface area contributed by atoms with Crippen LogP contribution in [0, 0.1) is 23.5 Å². The maximum atomic E-state index is 14.0. The van der Waals surface area contributed by atoms with Crippen molar-refractivity contribution in [3.05, 3.63) is 23.8 Å². The monoisotopic (exact) mass is 340 g/mol. The molecule has 1 aliphatic carbocycles. The van der Waals surface area contributed by atoms with Crippen molar-refractivity contribution in [2.45, 2.75) is 65.2 Å². The Morgan fingerprint density at radius 3 is 2.04 bits per heavy atom. The predicted octanol–water partition coefficient (Wildman–Crippen LogP) is 6.13. The van der Waals surface area contributed by atoms with Gasteiger partial charge in [0.1, 0.15) is 0 Å². The Labute approximate surface area is 144 Å². The summed E-state index contributed by atoms with van der Waals surface area (Å²) in [5.74, 6) is -0.701. The number of hydrogen-bond acceptors (Lipinski definition) is 2. The molecule has 2 nitrogen and oxygen atoms in total. The Morgan fingerprint density at radius 2 is 1.46 bits per heavy atom. The molecule has 0 unspecified atom stereocenters. The molecule has 0 saturated heterocycles. The van der Waals surface area contributed by atoms with Gasteiger partial charge in [-0.2, -0.15) is 8.78 Å². The standard InChI is InChI=1S/C20H30F2O2/c1-3-5-6-7-15-8-10-16(11-9-15)14-24-18-13-12-17(23-4-2)19(21)20(18)22/h12-13,15-16H,3-11,14H2,1-2H3/t15-,16-. The van der Waals surface area contributed by atoms with Gasteiger partial charge < -0.3 is 9.47 Å². The van der Waals surface area contributed by atoms with Crippen LogP contribution in [0.2, 0.25) is 0 Å². The molecule has 1 saturated carbocycles. The lowest BCUT2D eigenvalue weighted by Gasteiger charge is -2.28. The zero-order chi connectivity index (χ0) is 17.4. The van der Waals surface area contributed by atoms with Crippen LogP contribution in [-0.4, -0.2) is 13.2 Å². The second kappa shape index (κ2) is 9.85. The van der Waals surface area contributed by atoms with Gasteiger partial charge in [0.15, 0.2) is 11.5 Å². The molecular formula is C20H30F2O2. The van der Waals surface area contributed by atoms with Crippen molar-refractivity contribution in [1.29, 1.82) is 0 Å². The van der Waals surface area contributed by atoms with Crippen molar-refractivity contribution >= 4 is 0 Å². The summed E-state index contributed by atoms with van der Waals surface area (Å²) in [5, 5.41) is 0. The topological polar surface area (TPSA) is 18.5 Å². The minimum Gasteiger partial charge on any atom is -0.491 e. The quantitative estimate of drug-likeness (QED) is 0.503. The number of halogens is 2. The van der Waals surface area contributed by atoms with E-state index in [1.807, 2.05) is 0 Å². The van der Waals surface area contributed by atoms with Crippen molar-refractivity contribution in [2.24, 2.45) is 11.8 Å². The van der Waals surface area contributed by atoms with Gasteiger partial charge in [-0.15, -0.1) is 0 Å². The van der Waals surface area contributed by atoms with Gasteiger partial charge in [0.2, 0.25) is 11.6 Å². The molecule has 1 aromatic rings. The molecule has 2 rings (SSSR count). The van der Waals surface area contributed by atoms with Crippen LogP contribution in [0.25, 0.3) is 0 Å². The maximum Gasteiger partial charge on any atom is 0.204 e. The fraction of sp³-hybridized carbons (Fsp3) is 0.700. The largest absolute Gasteiger partial charge is 0.491 e. The van der Waals surface area contributed by atoms with Crippen molar-refractivity contribution in [3.8, 4) is 11.5 Å². The molecule has 0 bridgehead atoms. The summed E-state index contributed by atoms with van der Waals surface area (Å²) in [7, 11) is 0. The van der Waals surface area contributed by atoms with Crippen LogP contribution in [0.3, 0.4) is 0 Å². The first-order valence-electron chi connectivity index (χ1n) is 9.39. The van der Waals surface area contributed by atoms with Gasteiger partial charge in [-0.3, -0.25) is 0 Å². The minimum atomic E-state index is -0.964. The van der Waals surface area contributed by atoms with Crippen LogP contribution in [0.1, 0.15) is 65.2 Å². The Morgan fingerprint density at radius 1 is 0.875 bits per heavy atom. The highest BCUT2D eigenvalue weighted by Gasteiger charge is 2.22. The summed E-state index contributed by atoms with van der Waals surface area (Å²) in [6.07, 6.45) is 9.98. The molecular weight excluding hydrogens is 310 g/mol. The van der Waals surface area contributed by atoms with Crippen LogP contribution in [-0.2, 0) is 0 Å². The Kier molecular flexibility index (Phi) is 7.80. The molecule has 1 aliphatic rings. The summed E-state index contributed by atoms with van der Waals surface area (Å²) < 4.78 is 38.4. The molecule has 0 aromatic heterocycles. The number of rotatable bonds is 9. The molecule has 136 valence electrons. The van der Waals surface area contributed by atoms with E-state index in [1.165, 1.54) is 50.7 Å². The van der Waals surface area contributed by atoms with Crippen LogP contribution >= 0.6 is 0 Å². The first-order valence-corrected chi connectivity index (χ1v) is 9.39. The average molecular weight is 340 g/mol. The van der Waals surface area contributed by atoms with E-state index in [9.17, 15) is 8.78 Å². The van der Waals surface area contributed by atoms with Crippen LogP contribution in [0.4, 0.5) is 8.78 Å². The summed E-state index contributed by atoms with van der Waals surface area (Å²) in [4.78, 5) is 0. The second-order valence-electron chi connectivity index (χ2n) is 6.82. The van der Waals surface area contributed by atoms with Gasteiger partial charge in [0.25, 0.3) is 0 Å². The summed E-state index contributed by atoms with van der Waals surface area (Å²) in [5.41, 5.74) is 0. The lowest BCUT2D eigenvalue weighted by molar-refractivity contribution is 0.172. The second-order valence-corrected chi connectivity index (χ2v) is 6.82. The molecule has 1 aromatic carbocycles. The molecule has 0 N–H and O–H groups in total. The molecule has 24 heavy (non-hydrogen) atoms. The molecule has 0 spiro atoms. The van der Waals surface area contributed by atoms with Crippen molar-refractivity contribution < 1.29 is 18.3 Å². The fourth-order valence-electron chi connectivity index (χ4n) is 3.47. The smallest absolute Gasteiger partial charge is 0.204 e. The van der Waals surface area contributed by atoms with Crippen LogP contribution in [0.15, 0.2) is 12.1 Å². The highest BCUT2D eigenvalue weighted by molar-refractivity contribution is 5.35. The van der Waals surface area contributed by atoms with Gasteiger partial charge in [-0.05, 0) is 43.7 Å². The molecule has 0 atom stereocenters. The SMILES string of the molecule is CCCCC[C@H]1CC[C@H](COc2ccc(OCC)c(F)c2F)CC1. The lowest BCUT2D eigenvalue weighted by atomic mass is 9.80. The highest BCUT2D eigenvalue weighted by Crippen LogP contribution is 2.33. The summed E-state index contributed by atoms with van der Waals surface area (Å²) in [6.45, 7) is 4.74. The third-order valence-electron chi connectivity index (χ3n) is 4.97. The Bertz CT molecular complexity index is 497. The van der Waals surface area contributed by atoms with E-state index in [0.717, 1.165) is 18.8 Å². The van der Waals surface area contributed by atoms with Gasteiger partial charge in [-0.1, -0.05) is 45.4 Å². The van der Waals surface area contributed by atoms with Crippen molar-refractivity contribution in [2.75, 3.05) is 13.2 Å². The number of ether oxygens (including phenoxy) is 2. The van der Waals surface area contributed by atoms with Gasteiger partial charge in [-0.25, -0.2) is 0 Å². The fourth-order valence-corrected chi connectivity index (χ4v) is 3.47. The average Bonchev–Trinajstić information content (AvgIpc) is 2.60. The Balaban J connectivity index is 1.77. The maximum absolute atomic E-state index is 14.0. The molecule has 0 aliphatic heterocycles. The lowest BCUT2D eigenvalue weighted by Crippen LogP contribution is -2.20. The third-order valence-corrected chi connectivity index (χ3v) is 4.97. The predicted molar refractivity (Wildman–Crippen MR) is 92.6 cm³/mol. The first-order chi connectivity index (χ1) is 11.7. The first kappa shape index (κ1) is 19.0. The summed E-state index contributed by atoms with van der Waals surface area (Å²) >= 11 is 0. The van der Waals surface area contributed by atoms with E-state index in [0.29, 0.717) is 19.1 Å². The molecule has 0 amide bonds. The van der Waals surface area contributed by atoms with Gasteiger partial charge in [0, 0.05) is 0 Å². The minimum absolute atomic E-state index is 0.0129. The molecule has 4 heteroatoms. The van der Waals surface area contributed by atoms with E-state index in [1.54, 1.807) is 6.92 Å². The van der Waals surface area contributed by atoms with Crippen LogP contribution < -0.4 is 9.47 Å².